The number of benzene rings is 1. The van der Waals surface area contributed by atoms with E-state index in [9.17, 15) is 4.39 Å². The number of nitrogens with zero attached hydrogens (tertiary/aromatic N) is 1. The minimum atomic E-state index is -0.200. The molecule has 1 aromatic carbocycles. The average molecular weight is 223 g/mol. The van der Waals surface area contributed by atoms with E-state index in [4.69, 9.17) is 4.74 Å². The Morgan fingerprint density at radius 3 is 2.75 bits per heavy atom. The Labute approximate surface area is 96.3 Å². The van der Waals surface area contributed by atoms with Gasteiger partial charge in [0.2, 0.25) is 0 Å². The summed E-state index contributed by atoms with van der Waals surface area (Å²) in [5.41, 5.74) is 1.44. The number of ether oxygens (including phenoxy) is 1. The van der Waals surface area contributed by atoms with Crippen molar-refractivity contribution in [2.75, 3.05) is 18.6 Å². The monoisotopic (exact) mass is 223 g/mol. The molecule has 0 saturated carbocycles. The summed E-state index contributed by atoms with van der Waals surface area (Å²) < 4.78 is 18.6. The first-order valence-electron chi connectivity index (χ1n) is 5.26. The van der Waals surface area contributed by atoms with Crippen molar-refractivity contribution < 1.29 is 9.13 Å². The van der Waals surface area contributed by atoms with E-state index < -0.39 is 0 Å². The van der Waals surface area contributed by atoms with Gasteiger partial charge in [0, 0.05) is 19.3 Å². The van der Waals surface area contributed by atoms with Crippen molar-refractivity contribution in [2.24, 2.45) is 0 Å². The van der Waals surface area contributed by atoms with Crippen LogP contribution in [0.1, 0.15) is 12.5 Å². The van der Waals surface area contributed by atoms with Crippen molar-refractivity contribution in [2.45, 2.75) is 20.0 Å². The summed E-state index contributed by atoms with van der Waals surface area (Å²) in [5, 5.41) is 0. The molecule has 0 spiro atoms. The second-order valence-electron chi connectivity index (χ2n) is 3.81. The maximum absolute atomic E-state index is 13.4. The summed E-state index contributed by atoms with van der Waals surface area (Å²) in [6.07, 6.45) is 1.75. The lowest BCUT2D eigenvalue weighted by atomic mass is 10.2. The summed E-state index contributed by atoms with van der Waals surface area (Å²) >= 11 is 0. The Kier molecular flexibility index (Phi) is 4.50. The second-order valence-corrected chi connectivity index (χ2v) is 3.81. The fourth-order valence-electron chi connectivity index (χ4n) is 1.40. The van der Waals surface area contributed by atoms with Gasteiger partial charge in [-0.25, -0.2) is 4.39 Å². The largest absolute Gasteiger partial charge is 0.380 e. The van der Waals surface area contributed by atoms with Crippen LogP contribution in [0.25, 0.3) is 0 Å². The van der Waals surface area contributed by atoms with Crippen molar-refractivity contribution in [3.63, 3.8) is 0 Å². The zero-order valence-electron chi connectivity index (χ0n) is 10.0. The molecule has 1 atom stereocenters. The highest BCUT2D eigenvalue weighted by molar-refractivity contribution is 5.50. The molecule has 0 radical (unpaired) electrons. The SMILES string of the molecule is C=CN(CC(C)OC)c1ccc(C)c(F)c1. The highest BCUT2D eigenvalue weighted by Crippen LogP contribution is 2.19. The van der Waals surface area contributed by atoms with Crippen LogP contribution in [0.15, 0.2) is 31.0 Å². The number of rotatable bonds is 5. The van der Waals surface area contributed by atoms with Gasteiger partial charge in [0.15, 0.2) is 0 Å². The van der Waals surface area contributed by atoms with E-state index >= 15 is 0 Å². The fourth-order valence-corrected chi connectivity index (χ4v) is 1.40. The third kappa shape index (κ3) is 3.07. The third-order valence-corrected chi connectivity index (χ3v) is 2.56. The van der Waals surface area contributed by atoms with Gasteiger partial charge in [0.05, 0.1) is 6.10 Å². The van der Waals surface area contributed by atoms with Gasteiger partial charge in [-0.05, 0) is 37.7 Å². The van der Waals surface area contributed by atoms with Gasteiger partial charge >= 0.3 is 0 Å². The van der Waals surface area contributed by atoms with Gasteiger partial charge in [-0.3, -0.25) is 0 Å². The molecule has 3 heteroatoms. The lowest BCUT2D eigenvalue weighted by Gasteiger charge is -2.23. The second kappa shape index (κ2) is 5.66. The van der Waals surface area contributed by atoms with Crippen molar-refractivity contribution in [3.8, 4) is 0 Å². The van der Waals surface area contributed by atoms with Crippen molar-refractivity contribution in [1.82, 2.24) is 0 Å². The maximum atomic E-state index is 13.4. The first-order valence-corrected chi connectivity index (χ1v) is 5.26. The third-order valence-electron chi connectivity index (χ3n) is 2.56. The van der Waals surface area contributed by atoms with E-state index in [1.165, 1.54) is 6.07 Å². The van der Waals surface area contributed by atoms with Crippen LogP contribution >= 0.6 is 0 Å². The summed E-state index contributed by atoms with van der Waals surface area (Å²) in [6.45, 7) is 8.08. The van der Waals surface area contributed by atoms with Crippen LogP contribution in [-0.2, 0) is 4.74 Å². The number of hydrogen-bond acceptors (Lipinski definition) is 2. The molecular weight excluding hydrogens is 205 g/mol. The quantitative estimate of drug-likeness (QED) is 0.760. The molecule has 0 aromatic heterocycles. The summed E-state index contributed by atoms with van der Waals surface area (Å²) in [4.78, 5) is 1.87. The van der Waals surface area contributed by atoms with Crippen LogP contribution in [0.2, 0.25) is 0 Å². The fraction of sp³-hybridized carbons (Fsp3) is 0.385. The van der Waals surface area contributed by atoms with Crippen LogP contribution in [0.4, 0.5) is 10.1 Å². The smallest absolute Gasteiger partial charge is 0.128 e. The van der Waals surface area contributed by atoms with E-state index in [2.05, 4.69) is 6.58 Å². The van der Waals surface area contributed by atoms with Gasteiger partial charge < -0.3 is 9.64 Å². The molecular formula is C13H18FNO. The van der Waals surface area contributed by atoms with Crippen LogP contribution in [-0.4, -0.2) is 19.8 Å². The molecule has 0 fully saturated rings. The minimum absolute atomic E-state index is 0.0716. The predicted octanol–water partition coefficient (Wildman–Crippen LogP) is 3.12. The molecule has 0 amide bonds. The molecule has 0 aliphatic rings. The Hall–Kier alpha value is -1.35. The first-order chi connectivity index (χ1) is 7.58. The predicted molar refractivity (Wildman–Crippen MR) is 65.2 cm³/mol. The van der Waals surface area contributed by atoms with Crippen molar-refractivity contribution >= 4 is 5.69 Å². The Morgan fingerprint density at radius 2 is 2.25 bits per heavy atom. The molecule has 88 valence electrons. The maximum Gasteiger partial charge on any atom is 0.128 e. The number of anilines is 1. The average Bonchev–Trinajstić information content (AvgIpc) is 2.29. The molecule has 1 aromatic rings. The topological polar surface area (TPSA) is 12.5 Å². The lowest BCUT2D eigenvalue weighted by Crippen LogP contribution is -2.27. The molecule has 0 heterocycles. The van der Waals surface area contributed by atoms with E-state index in [1.54, 1.807) is 26.3 Å². The molecule has 2 nitrogen and oxygen atoms in total. The highest BCUT2D eigenvalue weighted by atomic mass is 19.1. The van der Waals surface area contributed by atoms with Crippen molar-refractivity contribution in [1.29, 1.82) is 0 Å². The zero-order valence-corrected chi connectivity index (χ0v) is 10.0. The van der Waals surface area contributed by atoms with Crippen LogP contribution in [0.5, 0.6) is 0 Å². The Balaban J connectivity index is 2.86. The Bertz CT molecular complexity index is 365. The molecule has 1 unspecified atom stereocenters. The van der Waals surface area contributed by atoms with Gasteiger partial charge in [0.1, 0.15) is 5.82 Å². The number of halogens is 1. The van der Waals surface area contributed by atoms with Gasteiger partial charge in [-0.1, -0.05) is 12.6 Å². The first kappa shape index (κ1) is 12.7. The molecule has 1 rings (SSSR count). The molecule has 0 aliphatic heterocycles. The summed E-state index contributed by atoms with van der Waals surface area (Å²) in [6, 6.07) is 5.15. The van der Waals surface area contributed by atoms with Crippen molar-refractivity contribution in [3.05, 3.63) is 42.4 Å². The molecule has 0 aliphatic carbocycles. The lowest BCUT2D eigenvalue weighted by molar-refractivity contribution is 0.125. The van der Waals surface area contributed by atoms with Gasteiger partial charge in [-0.15, -0.1) is 0 Å². The van der Waals surface area contributed by atoms with E-state index in [-0.39, 0.29) is 11.9 Å². The highest BCUT2D eigenvalue weighted by Gasteiger charge is 2.09. The molecule has 0 N–H and O–H groups in total. The van der Waals surface area contributed by atoms with E-state index in [1.807, 2.05) is 17.9 Å². The van der Waals surface area contributed by atoms with Crippen LogP contribution in [0, 0.1) is 12.7 Å². The normalized spacial score (nSPS) is 12.2. The van der Waals surface area contributed by atoms with Gasteiger partial charge in [-0.2, -0.15) is 0 Å². The summed E-state index contributed by atoms with van der Waals surface area (Å²) in [7, 11) is 1.65. The molecule has 0 saturated heterocycles. The number of hydrogen-bond donors (Lipinski definition) is 0. The molecule has 0 bridgehead atoms. The van der Waals surface area contributed by atoms with E-state index in [0.717, 1.165) is 5.69 Å². The minimum Gasteiger partial charge on any atom is -0.380 e. The van der Waals surface area contributed by atoms with Gasteiger partial charge in [0.25, 0.3) is 0 Å². The van der Waals surface area contributed by atoms with E-state index in [0.29, 0.717) is 12.1 Å². The zero-order chi connectivity index (χ0) is 12.1. The molecule has 16 heavy (non-hydrogen) atoms. The number of aryl methyl sites for hydroxylation is 1. The standard InChI is InChI=1S/C13H18FNO/c1-5-15(9-11(3)16-4)12-7-6-10(2)13(14)8-12/h5-8,11H,1,9H2,2-4H3. The van der Waals surface area contributed by atoms with Crippen LogP contribution in [0.3, 0.4) is 0 Å². The Morgan fingerprint density at radius 1 is 1.56 bits per heavy atom. The summed E-state index contributed by atoms with van der Waals surface area (Å²) in [5.74, 6) is -0.200. The van der Waals surface area contributed by atoms with Crippen LogP contribution < -0.4 is 4.90 Å². The number of methoxy groups -OCH3 is 1.